The van der Waals surface area contributed by atoms with Crippen LogP contribution in [0.1, 0.15) is 26.3 Å². The maximum atomic E-state index is 12.4. The average Bonchev–Trinajstić information content (AvgIpc) is 3.40. The molecular formula is C19H15N5O3S2. The number of imidazole rings is 1. The summed E-state index contributed by atoms with van der Waals surface area (Å²) in [4.78, 5) is 31.0. The Bertz CT molecular complexity index is 1170. The van der Waals surface area contributed by atoms with E-state index in [2.05, 4.69) is 30.2 Å². The smallest absolute Gasteiger partial charge is 0.337 e. The van der Waals surface area contributed by atoms with Crippen LogP contribution in [0.25, 0.3) is 11.0 Å². The predicted molar refractivity (Wildman–Crippen MR) is 111 cm³/mol. The number of hydrogen-bond acceptors (Lipinski definition) is 8. The highest BCUT2D eigenvalue weighted by Gasteiger charge is 2.12. The monoisotopic (exact) mass is 425 g/mol. The predicted octanol–water partition coefficient (Wildman–Crippen LogP) is 3.75. The van der Waals surface area contributed by atoms with Gasteiger partial charge in [0.25, 0.3) is 5.91 Å². The number of esters is 1. The van der Waals surface area contributed by atoms with E-state index >= 15 is 0 Å². The molecule has 0 radical (unpaired) electrons. The molecular weight excluding hydrogens is 410 g/mol. The molecule has 0 spiro atoms. The minimum absolute atomic E-state index is 0.257. The number of nitrogens with zero attached hydrogens (tertiary/aromatic N) is 3. The molecule has 2 N–H and O–H groups in total. The van der Waals surface area contributed by atoms with E-state index in [9.17, 15) is 9.59 Å². The molecule has 2 aromatic carbocycles. The van der Waals surface area contributed by atoms with Crippen LogP contribution in [0, 0.1) is 0 Å². The third-order valence-electron chi connectivity index (χ3n) is 4.05. The van der Waals surface area contributed by atoms with E-state index in [1.54, 1.807) is 36.7 Å². The molecule has 4 aromatic rings. The van der Waals surface area contributed by atoms with E-state index in [-0.39, 0.29) is 11.9 Å². The van der Waals surface area contributed by atoms with Crippen LogP contribution in [0.3, 0.4) is 0 Å². The molecule has 29 heavy (non-hydrogen) atoms. The zero-order chi connectivity index (χ0) is 20.2. The van der Waals surface area contributed by atoms with Gasteiger partial charge in [-0.1, -0.05) is 35.2 Å². The largest absolute Gasteiger partial charge is 0.465 e. The maximum absolute atomic E-state index is 12.4. The lowest BCUT2D eigenvalue weighted by Crippen LogP contribution is -2.11. The number of amides is 1. The number of carbonyl (C=O) groups is 2. The van der Waals surface area contributed by atoms with Crippen LogP contribution in [0.15, 0.2) is 53.1 Å². The van der Waals surface area contributed by atoms with Crippen molar-refractivity contribution in [3.63, 3.8) is 0 Å². The van der Waals surface area contributed by atoms with Gasteiger partial charge in [-0.05, 0) is 35.9 Å². The van der Waals surface area contributed by atoms with Crippen LogP contribution in [0.2, 0.25) is 0 Å². The number of rotatable bonds is 6. The number of fused-ring (bicyclic) bond motifs is 1. The van der Waals surface area contributed by atoms with Gasteiger partial charge in [0.2, 0.25) is 5.13 Å². The summed E-state index contributed by atoms with van der Waals surface area (Å²) in [6.45, 7) is 0. The van der Waals surface area contributed by atoms with Gasteiger partial charge >= 0.3 is 5.97 Å². The third-order valence-corrected chi connectivity index (χ3v) is 6.09. The van der Waals surface area contributed by atoms with Crippen LogP contribution < -0.4 is 5.32 Å². The number of carbonyl (C=O) groups excluding carboxylic acids is 2. The van der Waals surface area contributed by atoms with Crippen molar-refractivity contribution in [2.45, 2.75) is 10.1 Å². The van der Waals surface area contributed by atoms with E-state index in [1.165, 1.54) is 30.2 Å². The Morgan fingerprint density at radius 1 is 1.14 bits per heavy atom. The Labute approximate surface area is 173 Å². The summed E-state index contributed by atoms with van der Waals surface area (Å²) in [6, 6.07) is 12.4. The van der Waals surface area contributed by atoms with E-state index < -0.39 is 0 Å². The highest BCUT2D eigenvalue weighted by molar-refractivity contribution is 8.00. The summed E-state index contributed by atoms with van der Waals surface area (Å²) in [6.07, 6.45) is 1.59. The number of benzene rings is 2. The number of H-pyrrole nitrogens is 1. The Morgan fingerprint density at radius 2 is 1.93 bits per heavy atom. The van der Waals surface area contributed by atoms with E-state index in [4.69, 9.17) is 0 Å². The number of ether oxygens (including phenoxy) is 1. The summed E-state index contributed by atoms with van der Waals surface area (Å²) in [5.74, 6) is 0.0496. The molecule has 1 amide bonds. The fraction of sp³-hybridized carbons (Fsp3) is 0.105. The van der Waals surface area contributed by atoms with Crippen molar-refractivity contribution in [1.29, 1.82) is 0 Å². The zero-order valence-corrected chi connectivity index (χ0v) is 16.8. The molecule has 0 saturated heterocycles. The van der Waals surface area contributed by atoms with Crippen molar-refractivity contribution in [2.75, 3.05) is 12.4 Å². The topological polar surface area (TPSA) is 110 Å². The number of thioether (sulfide) groups is 1. The van der Waals surface area contributed by atoms with Crippen LogP contribution in [0.5, 0.6) is 0 Å². The molecule has 146 valence electrons. The SMILES string of the molecule is COC(=O)c1ccc(CSc2nnc(NC(=O)c3ccc4nc[nH]c4c3)s2)cc1. The van der Waals surface area contributed by atoms with Crippen molar-refractivity contribution < 1.29 is 14.3 Å². The second-order valence-corrected chi connectivity index (χ2v) is 8.14. The Kier molecular flexibility index (Phi) is 5.54. The molecule has 0 aliphatic rings. The van der Waals surface area contributed by atoms with Gasteiger partial charge in [-0.2, -0.15) is 0 Å². The van der Waals surface area contributed by atoms with Gasteiger partial charge in [-0.25, -0.2) is 9.78 Å². The van der Waals surface area contributed by atoms with Gasteiger partial charge in [0.15, 0.2) is 4.34 Å². The fourth-order valence-electron chi connectivity index (χ4n) is 2.56. The second-order valence-electron chi connectivity index (χ2n) is 5.94. The number of aromatic amines is 1. The highest BCUT2D eigenvalue weighted by Crippen LogP contribution is 2.28. The van der Waals surface area contributed by atoms with Gasteiger partial charge < -0.3 is 9.72 Å². The second kappa shape index (κ2) is 8.41. The summed E-state index contributed by atoms with van der Waals surface area (Å²) in [5, 5.41) is 11.3. The molecule has 0 bridgehead atoms. The number of nitrogens with one attached hydrogen (secondary N) is 2. The first-order valence-corrected chi connectivity index (χ1v) is 10.3. The molecule has 0 atom stereocenters. The van der Waals surface area contributed by atoms with Crippen LogP contribution in [-0.4, -0.2) is 39.2 Å². The van der Waals surface area contributed by atoms with Gasteiger partial charge in [-0.3, -0.25) is 10.1 Å². The number of aromatic nitrogens is 4. The molecule has 0 fully saturated rings. The summed E-state index contributed by atoms with van der Waals surface area (Å²) >= 11 is 2.81. The van der Waals surface area contributed by atoms with E-state index in [0.29, 0.717) is 22.0 Å². The van der Waals surface area contributed by atoms with Crippen LogP contribution >= 0.6 is 23.1 Å². The van der Waals surface area contributed by atoms with Crippen molar-refractivity contribution in [1.82, 2.24) is 20.2 Å². The van der Waals surface area contributed by atoms with Crippen molar-refractivity contribution in [3.05, 3.63) is 65.5 Å². The molecule has 0 saturated carbocycles. The number of methoxy groups -OCH3 is 1. The summed E-state index contributed by atoms with van der Waals surface area (Å²) in [7, 11) is 1.35. The lowest BCUT2D eigenvalue weighted by atomic mass is 10.1. The molecule has 8 nitrogen and oxygen atoms in total. The minimum Gasteiger partial charge on any atom is -0.465 e. The van der Waals surface area contributed by atoms with Gasteiger partial charge in [0, 0.05) is 11.3 Å². The quantitative estimate of drug-likeness (QED) is 0.275. The van der Waals surface area contributed by atoms with Crippen LogP contribution in [0.4, 0.5) is 5.13 Å². The van der Waals surface area contributed by atoms with Gasteiger partial charge in [0.1, 0.15) is 0 Å². The van der Waals surface area contributed by atoms with Crippen molar-refractivity contribution >= 4 is 51.1 Å². The first-order valence-electron chi connectivity index (χ1n) is 8.50. The average molecular weight is 425 g/mol. The molecule has 2 aromatic heterocycles. The normalized spacial score (nSPS) is 10.8. The number of anilines is 1. The maximum Gasteiger partial charge on any atom is 0.337 e. The van der Waals surface area contributed by atoms with Crippen molar-refractivity contribution in [3.8, 4) is 0 Å². The summed E-state index contributed by atoms with van der Waals surface area (Å²) in [5.41, 5.74) is 3.66. The number of hydrogen-bond donors (Lipinski definition) is 2. The Hall–Kier alpha value is -3.24. The third kappa shape index (κ3) is 4.44. The van der Waals surface area contributed by atoms with Gasteiger partial charge in [0.05, 0.1) is 30.0 Å². The first kappa shape index (κ1) is 19.1. The Balaban J connectivity index is 1.35. The standard InChI is InChI=1S/C19H15N5O3S2/c1-27-17(26)12-4-2-11(3-5-12)9-28-19-24-23-18(29-19)22-16(25)13-6-7-14-15(8-13)21-10-20-14/h2-8,10H,9H2,1H3,(H,20,21)(H,22,23,25). The fourth-order valence-corrected chi connectivity index (χ4v) is 4.27. The van der Waals surface area contributed by atoms with E-state index in [1.807, 2.05) is 12.1 Å². The lowest BCUT2D eigenvalue weighted by Gasteiger charge is -2.02. The Morgan fingerprint density at radius 3 is 2.72 bits per heavy atom. The van der Waals surface area contributed by atoms with Crippen LogP contribution in [-0.2, 0) is 10.5 Å². The minimum atomic E-state index is -0.361. The summed E-state index contributed by atoms with van der Waals surface area (Å²) < 4.78 is 5.43. The van der Waals surface area contributed by atoms with E-state index in [0.717, 1.165) is 20.9 Å². The molecule has 4 rings (SSSR count). The molecule has 0 aliphatic carbocycles. The lowest BCUT2D eigenvalue weighted by molar-refractivity contribution is 0.0600. The molecule has 0 aliphatic heterocycles. The van der Waals surface area contributed by atoms with Gasteiger partial charge in [-0.15, -0.1) is 10.2 Å². The first-order chi connectivity index (χ1) is 14.1. The zero-order valence-electron chi connectivity index (χ0n) is 15.2. The molecule has 10 heteroatoms. The van der Waals surface area contributed by atoms with Crippen molar-refractivity contribution in [2.24, 2.45) is 0 Å². The molecule has 0 unspecified atom stereocenters. The highest BCUT2D eigenvalue weighted by atomic mass is 32.2. The molecule has 2 heterocycles.